The number of aromatic nitrogens is 4. The van der Waals surface area contributed by atoms with E-state index in [4.69, 9.17) is 0 Å². The third-order valence-corrected chi connectivity index (χ3v) is 3.37. The molecule has 0 saturated heterocycles. The Labute approximate surface area is 110 Å². The van der Waals surface area contributed by atoms with Crippen molar-refractivity contribution in [1.82, 2.24) is 19.5 Å². The van der Waals surface area contributed by atoms with Crippen molar-refractivity contribution in [2.24, 2.45) is 5.41 Å². The second kappa shape index (κ2) is 5.60. The van der Waals surface area contributed by atoms with Crippen LogP contribution in [0.2, 0.25) is 0 Å². The molecule has 0 aromatic carbocycles. The first-order valence-corrected chi connectivity index (χ1v) is 6.11. The number of nitrogens with zero attached hydrogens (tertiary/aromatic N) is 4. The molecule has 0 amide bonds. The second-order valence-corrected chi connectivity index (χ2v) is 4.79. The highest BCUT2D eigenvalue weighted by molar-refractivity contribution is 5.69. The Bertz CT molecular complexity index is 543. The quantitative estimate of drug-likeness (QED) is 0.650. The van der Waals surface area contributed by atoms with Crippen molar-refractivity contribution in [2.75, 3.05) is 19.8 Å². The van der Waals surface area contributed by atoms with Crippen LogP contribution in [0.5, 0.6) is 0 Å². The molecule has 2 aromatic heterocycles. The molecule has 0 atom stereocenters. The van der Waals surface area contributed by atoms with Crippen LogP contribution >= 0.6 is 0 Å². The Morgan fingerprint density at radius 1 is 1.16 bits per heavy atom. The molecule has 0 aliphatic rings. The third-order valence-electron chi connectivity index (χ3n) is 3.37. The van der Waals surface area contributed by atoms with Crippen LogP contribution < -0.4 is 0 Å². The lowest BCUT2D eigenvalue weighted by atomic mass is 9.87. The van der Waals surface area contributed by atoms with Crippen LogP contribution in [-0.2, 0) is 6.54 Å². The first kappa shape index (κ1) is 13.9. The SMILES string of the molecule is Cc1ncc2ncn(CCC(CO)(CO)CO)c2n1. The molecule has 0 aliphatic carbocycles. The van der Waals surface area contributed by atoms with Crippen molar-refractivity contribution in [1.29, 1.82) is 0 Å². The fraction of sp³-hybridized carbons (Fsp3) is 0.583. The van der Waals surface area contributed by atoms with Crippen molar-refractivity contribution in [3.8, 4) is 0 Å². The van der Waals surface area contributed by atoms with E-state index in [0.717, 1.165) is 5.65 Å². The average Bonchev–Trinajstić information content (AvgIpc) is 2.83. The molecule has 0 saturated carbocycles. The minimum absolute atomic E-state index is 0.263. The largest absolute Gasteiger partial charge is 0.396 e. The first-order chi connectivity index (χ1) is 9.14. The zero-order valence-corrected chi connectivity index (χ0v) is 10.8. The molecule has 0 spiro atoms. The summed E-state index contributed by atoms with van der Waals surface area (Å²) in [4.78, 5) is 12.6. The standard InChI is InChI=1S/C12H18N4O3/c1-9-13-4-10-11(15-9)16(8-14-10)3-2-12(5-17,6-18)7-19/h4,8,17-19H,2-3,5-7H2,1H3. The summed E-state index contributed by atoms with van der Waals surface area (Å²) in [5.41, 5.74) is 0.544. The molecule has 7 heteroatoms. The van der Waals surface area contributed by atoms with E-state index < -0.39 is 5.41 Å². The van der Waals surface area contributed by atoms with E-state index in [1.807, 2.05) is 4.57 Å². The van der Waals surface area contributed by atoms with Crippen LogP contribution in [-0.4, -0.2) is 54.7 Å². The number of hydrogen-bond donors (Lipinski definition) is 3. The molecule has 2 heterocycles. The lowest BCUT2D eigenvalue weighted by Gasteiger charge is -2.27. The van der Waals surface area contributed by atoms with E-state index in [-0.39, 0.29) is 19.8 Å². The third kappa shape index (κ3) is 2.73. The van der Waals surface area contributed by atoms with E-state index in [0.29, 0.717) is 24.3 Å². The number of aliphatic hydroxyl groups is 3. The summed E-state index contributed by atoms with van der Waals surface area (Å²) in [7, 11) is 0. The predicted molar refractivity (Wildman–Crippen MR) is 68.4 cm³/mol. The zero-order valence-electron chi connectivity index (χ0n) is 10.8. The molecule has 2 rings (SSSR count). The summed E-state index contributed by atoms with van der Waals surface area (Å²) >= 11 is 0. The Morgan fingerprint density at radius 3 is 2.47 bits per heavy atom. The number of aryl methyl sites for hydroxylation is 2. The van der Waals surface area contributed by atoms with Gasteiger partial charge in [0.1, 0.15) is 11.3 Å². The minimum Gasteiger partial charge on any atom is -0.396 e. The van der Waals surface area contributed by atoms with Gasteiger partial charge in [-0.1, -0.05) is 0 Å². The van der Waals surface area contributed by atoms with Crippen molar-refractivity contribution in [2.45, 2.75) is 19.9 Å². The van der Waals surface area contributed by atoms with Crippen LogP contribution in [0.3, 0.4) is 0 Å². The second-order valence-electron chi connectivity index (χ2n) is 4.79. The van der Waals surface area contributed by atoms with Crippen molar-refractivity contribution in [3.63, 3.8) is 0 Å². The molecular weight excluding hydrogens is 248 g/mol. The zero-order chi connectivity index (χ0) is 13.9. The highest BCUT2D eigenvalue weighted by Crippen LogP contribution is 2.22. The maximum atomic E-state index is 9.29. The lowest BCUT2D eigenvalue weighted by Crippen LogP contribution is -2.35. The monoisotopic (exact) mass is 266 g/mol. The van der Waals surface area contributed by atoms with Gasteiger partial charge in [0.05, 0.1) is 32.3 Å². The Morgan fingerprint density at radius 2 is 1.84 bits per heavy atom. The molecule has 0 fully saturated rings. The van der Waals surface area contributed by atoms with Crippen LogP contribution in [0.25, 0.3) is 11.2 Å². The van der Waals surface area contributed by atoms with Gasteiger partial charge in [-0.3, -0.25) is 0 Å². The Kier molecular flexibility index (Phi) is 4.08. The maximum Gasteiger partial charge on any atom is 0.163 e. The smallest absolute Gasteiger partial charge is 0.163 e. The molecule has 0 aliphatic heterocycles. The Balaban J connectivity index is 2.20. The molecule has 104 valence electrons. The highest BCUT2D eigenvalue weighted by atomic mass is 16.3. The Hall–Kier alpha value is -1.57. The molecule has 0 radical (unpaired) electrons. The number of hydrogen-bond acceptors (Lipinski definition) is 6. The highest BCUT2D eigenvalue weighted by Gasteiger charge is 2.28. The molecule has 19 heavy (non-hydrogen) atoms. The van der Waals surface area contributed by atoms with Crippen LogP contribution in [0.1, 0.15) is 12.2 Å². The van der Waals surface area contributed by atoms with Gasteiger partial charge in [-0.15, -0.1) is 0 Å². The summed E-state index contributed by atoms with van der Waals surface area (Å²) in [6.45, 7) is 1.52. The maximum absolute atomic E-state index is 9.29. The van der Waals surface area contributed by atoms with E-state index in [9.17, 15) is 15.3 Å². The minimum atomic E-state index is -0.876. The van der Waals surface area contributed by atoms with Crippen LogP contribution in [0, 0.1) is 12.3 Å². The van der Waals surface area contributed by atoms with Gasteiger partial charge in [0.15, 0.2) is 5.65 Å². The average molecular weight is 266 g/mol. The van der Waals surface area contributed by atoms with Crippen LogP contribution in [0.15, 0.2) is 12.5 Å². The predicted octanol–water partition coefficient (Wildman–Crippen LogP) is -0.512. The van der Waals surface area contributed by atoms with Gasteiger partial charge < -0.3 is 19.9 Å². The fourth-order valence-electron chi connectivity index (χ4n) is 1.85. The molecule has 2 aromatic rings. The van der Waals surface area contributed by atoms with E-state index >= 15 is 0 Å². The van der Waals surface area contributed by atoms with Crippen LogP contribution in [0.4, 0.5) is 0 Å². The molecule has 0 bridgehead atoms. The molecule has 0 unspecified atom stereocenters. The number of aliphatic hydroxyl groups excluding tert-OH is 3. The molecule has 3 N–H and O–H groups in total. The topological polar surface area (TPSA) is 104 Å². The summed E-state index contributed by atoms with van der Waals surface area (Å²) in [5, 5.41) is 27.9. The van der Waals surface area contributed by atoms with Gasteiger partial charge >= 0.3 is 0 Å². The van der Waals surface area contributed by atoms with Gasteiger partial charge in [0, 0.05) is 12.0 Å². The number of fused-ring (bicyclic) bond motifs is 1. The lowest BCUT2D eigenvalue weighted by molar-refractivity contribution is -0.00327. The number of imidazole rings is 1. The van der Waals surface area contributed by atoms with Gasteiger partial charge in [-0.25, -0.2) is 15.0 Å². The molecular formula is C12H18N4O3. The summed E-state index contributed by atoms with van der Waals surface area (Å²) in [6, 6.07) is 0. The van der Waals surface area contributed by atoms with Gasteiger partial charge in [-0.05, 0) is 13.3 Å². The van der Waals surface area contributed by atoms with E-state index in [1.54, 1.807) is 19.4 Å². The first-order valence-electron chi connectivity index (χ1n) is 6.11. The fourth-order valence-corrected chi connectivity index (χ4v) is 1.85. The van der Waals surface area contributed by atoms with E-state index in [1.165, 1.54) is 0 Å². The van der Waals surface area contributed by atoms with Gasteiger partial charge in [0.25, 0.3) is 0 Å². The van der Waals surface area contributed by atoms with Gasteiger partial charge in [-0.2, -0.15) is 0 Å². The van der Waals surface area contributed by atoms with E-state index in [2.05, 4.69) is 15.0 Å². The summed E-state index contributed by atoms with van der Waals surface area (Å²) < 4.78 is 1.83. The summed E-state index contributed by atoms with van der Waals surface area (Å²) in [5.74, 6) is 0.659. The van der Waals surface area contributed by atoms with Crippen molar-refractivity contribution >= 4 is 11.2 Å². The van der Waals surface area contributed by atoms with Gasteiger partial charge in [0.2, 0.25) is 0 Å². The van der Waals surface area contributed by atoms with Crippen molar-refractivity contribution in [3.05, 3.63) is 18.3 Å². The molecule has 7 nitrogen and oxygen atoms in total. The summed E-state index contributed by atoms with van der Waals surface area (Å²) in [6.07, 6.45) is 3.74. The normalized spacial score (nSPS) is 12.2. The number of rotatable bonds is 6. The van der Waals surface area contributed by atoms with Crippen molar-refractivity contribution < 1.29 is 15.3 Å².